The molecule has 1 aromatic carbocycles. The van der Waals surface area contributed by atoms with E-state index in [0.29, 0.717) is 6.29 Å². The predicted octanol–water partition coefficient (Wildman–Crippen LogP) is 1.42. The first kappa shape index (κ1) is 9.38. The Morgan fingerprint density at radius 1 is 1.54 bits per heavy atom. The maximum absolute atomic E-state index is 13.0. The topological polar surface area (TPSA) is 43.4 Å². The van der Waals surface area contributed by atoms with E-state index in [1.807, 2.05) is 0 Å². The minimum absolute atomic E-state index is 0.173. The van der Waals surface area contributed by atoms with Crippen LogP contribution in [-0.4, -0.2) is 19.4 Å². The van der Waals surface area contributed by atoms with Crippen molar-refractivity contribution >= 4 is 12.3 Å². The summed E-state index contributed by atoms with van der Waals surface area (Å²) < 4.78 is 17.3. The van der Waals surface area contributed by atoms with Crippen molar-refractivity contribution in [3.8, 4) is 0 Å². The van der Waals surface area contributed by atoms with Crippen molar-refractivity contribution in [3.63, 3.8) is 0 Å². The molecule has 4 heteroatoms. The number of aldehydes is 1. The van der Waals surface area contributed by atoms with Crippen molar-refractivity contribution in [1.82, 2.24) is 0 Å². The van der Waals surface area contributed by atoms with Gasteiger partial charge in [0.15, 0.2) is 0 Å². The summed E-state index contributed by atoms with van der Waals surface area (Å²) in [7, 11) is 1.16. The SMILES string of the molecule is COC(=O)c1ccc(C=O)cc1F. The lowest BCUT2D eigenvalue weighted by Gasteiger charge is -2.00. The number of hydrogen-bond donors (Lipinski definition) is 0. The third kappa shape index (κ3) is 1.90. The monoisotopic (exact) mass is 182 g/mol. The molecule has 68 valence electrons. The zero-order chi connectivity index (χ0) is 9.84. The Morgan fingerprint density at radius 3 is 2.69 bits per heavy atom. The van der Waals surface area contributed by atoms with E-state index in [2.05, 4.69) is 4.74 Å². The van der Waals surface area contributed by atoms with Crippen LogP contribution in [0.15, 0.2) is 18.2 Å². The van der Waals surface area contributed by atoms with Crippen LogP contribution in [0.1, 0.15) is 20.7 Å². The number of ether oxygens (including phenoxy) is 1. The third-order valence-electron chi connectivity index (χ3n) is 1.53. The summed E-state index contributed by atoms with van der Waals surface area (Å²) in [4.78, 5) is 21.1. The van der Waals surface area contributed by atoms with Crippen molar-refractivity contribution < 1.29 is 18.7 Å². The Morgan fingerprint density at radius 2 is 2.23 bits per heavy atom. The van der Waals surface area contributed by atoms with E-state index in [4.69, 9.17) is 0 Å². The standard InChI is InChI=1S/C9H7FO3/c1-13-9(12)7-3-2-6(5-11)4-8(7)10/h2-5H,1H3. The lowest BCUT2D eigenvalue weighted by molar-refractivity contribution is 0.0595. The van der Waals surface area contributed by atoms with E-state index in [0.717, 1.165) is 13.2 Å². The van der Waals surface area contributed by atoms with Crippen LogP contribution in [0, 0.1) is 5.82 Å². The molecule has 0 aliphatic carbocycles. The fourth-order valence-corrected chi connectivity index (χ4v) is 0.880. The maximum atomic E-state index is 13.0. The van der Waals surface area contributed by atoms with Gasteiger partial charge in [-0.25, -0.2) is 9.18 Å². The Balaban J connectivity index is 3.12. The summed E-state index contributed by atoms with van der Waals surface area (Å²) in [5, 5.41) is 0. The van der Waals surface area contributed by atoms with E-state index in [9.17, 15) is 14.0 Å². The van der Waals surface area contributed by atoms with Gasteiger partial charge in [0, 0.05) is 5.56 Å². The minimum Gasteiger partial charge on any atom is -0.465 e. The summed E-state index contributed by atoms with van der Waals surface area (Å²) in [6, 6.07) is 3.55. The third-order valence-corrected chi connectivity index (χ3v) is 1.53. The van der Waals surface area contributed by atoms with Gasteiger partial charge in [0.05, 0.1) is 12.7 Å². The van der Waals surface area contributed by atoms with Crippen LogP contribution in [0.5, 0.6) is 0 Å². The van der Waals surface area contributed by atoms with Crippen LogP contribution in [0.25, 0.3) is 0 Å². The molecule has 0 spiro atoms. The minimum atomic E-state index is -0.755. The van der Waals surface area contributed by atoms with E-state index in [1.165, 1.54) is 12.1 Å². The fourth-order valence-electron chi connectivity index (χ4n) is 0.880. The van der Waals surface area contributed by atoms with Crippen molar-refractivity contribution in [3.05, 3.63) is 35.1 Å². The van der Waals surface area contributed by atoms with Crippen molar-refractivity contribution in [2.75, 3.05) is 7.11 Å². The smallest absolute Gasteiger partial charge is 0.340 e. The summed E-state index contributed by atoms with van der Waals surface area (Å²) in [5.41, 5.74) is 0.0123. The molecule has 0 fully saturated rings. The highest BCUT2D eigenvalue weighted by atomic mass is 19.1. The second-order valence-electron chi connectivity index (χ2n) is 2.35. The van der Waals surface area contributed by atoms with E-state index >= 15 is 0 Å². The molecule has 0 bridgehead atoms. The highest BCUT2D eigenvalue weighted by Gasteiger charge is 2.11. The predicted molar refractivity (Wildman–Crippen MR) is 43.1 cm³/mol. The fraction of sp³-hybridized carbons (Fsp3) is 0.111. The van der Waals surface area contributed by atoms with Crippen LogP contribution in [0.3, 0.4) is 0 Å². The zero-order valence-corrected chi connectivity index (χ0v) is 6.91. The van der Waals surface area contributed by atoms with Gasteiger partial charge in [0.2, 0.25) is 0 Å². The second-order valence-corrected chi connectivity index (χ2v) is 2.35. The maximum Gasteiger partial charge on any atom is 0.340 e. The number of halogens is 1. The normalized spacial score (nSPS) is 9.38. The van der Waals surface area contributed by atoms with Crippen molar-refractivity contribution in [1.29, 1.82) is 0 Å². The molecular formula is C9H7FO3. The quantitative estimate of drug-likeness (QED) is 0.513. The van der Waals surface area contributed by atoms with Gasteiger partial charge >= 0.3 is 5.97 Å². The van der Waals surface area contributed by atoms with Gasteiger partial charge in [0.25, 0.3) is 0 Å². The van der Waals surface area contributed by atoms with Gasteiger partial charge in [0.1, 0.15) is 12.1 Å². The number of hydrogen-bond acceptors (Lipinski definition) is 3. The van der Waals surface area contributed by atoms with Crippen molar-refractivity contribution in [2.24, 2.45) is 0 Å². The van der Waals surface area contributed by atoms with E-state index in [1.54, 1.807) is 0 Å². The number of rotatable bonds is 2. The van der Waals surface area contributed by atoms with E-state index < -0.39 is 11.8 Å². The average Bonchev–Trinajstić information content (AvgIpc) is 2.16. The lowest BCUT2D eigenvalue weighted by Crippen LogP contribution is -2.04. The summed E-state index contributed by atoms with van der Waals surface area (Å²) >= 11 is 0. The molecule has 0 saturated carbocycles. The molecule has 0 amide bonds. The Hall–Kier alpha value is -1.71. The van der Waals surface area contributed by atoms with Gasteiger partial charge in [-0.3, -0.25) is 4.79 Å². The van der Waals surface area contributed by atoms with E-state index in [-0.39, 0.29) is 11.1 Å². The molecule has 0 radical (unpaired) electrons. The highest BCUT2D eigenvalue weighted by molar-refractivity contribution is 5.90. The molecule has 0 N–H and O–H groups in total. The number of esters is 1. The Bertz CT molecular complexity index is 347. The van der Waals surface area contributed by atoms with Gasteiger partial charge < -0.3 is 4.74 Å². The molecule has 0 saturated heterocycles. The van der Waals surface area contributed by atoms with Gasteiger partial charge in [-0.2, -0.15) is 0 Å². The summed E-state index contributed by atoms with van der Waals surface area (Å²) in [6.45, 7) is 0. The van der Waals surface area contributed by atoms with Crippen LogP contribution in [0.4, 0.5) is 4.39 Å². The van der Waals surface area contributed by atoms with Gasteiger partial charge in [-0.05, 0) is 12.1 Å². The Labute approximate surface area is 74.1 Å². The first-order chi connectivity index (χ1) is 6.19. The summed E-state index contributed by atoms with van der Waals surface area (Å²) in [6.07, 6.45) is 0.504. The molecule has 13 heavy (non-hydrogen) atoms. The first-order valence-electron chi connectivity index (χ1n) is 3.52. The van der Waals surface area contributed by atoms with Crippen LogP contribution in [-0.2, 0) is 4.74 Å². The molecule has 3 nitrogen and oxygen atoms in total. The van der Waals surface area contributed by atoms with Crippen LogP contribution in [0.2, 0.25) is 0 Å². The highest BCUT2D eigenvalue weighted by Crippen LogP contribution is 2.10. The number of methoxy groups -OCH3 is 1. The van der Waals surface area contributed by atoms with Crippen LogP contribution < -0.4 is 0 Å². The average molecular weight is 182 g/mol. The molecule has 0 unspecified atom stereocenters. The molecule has 1 rings (SSSR count). The molecule has 1 aromatic rings. The molecule has 0 aromatic heterocycles. The molecular weight excluding hydrogens is 175 g/mol. The van der Waals surface area contributed by atoms with Gasteiger partial charge in [-0.15, -0.1) is 0 Å². The number of carbonyl (C=O) groups excluding carboxylic acids is 2. The van der Waals surface area contributed by atoms with Gasteiger partial charge in [-0.1, -0.05) is 6.07 Å². The first-order valence-corrected chi connectivity index (χ1v) is 3.52. The molecule has 0 aliphatic heterocycles. The van der Waals surface area contributed by atoms with Crippen LogP contribution >= 0.6 is 0 Å². The molecule has 0 atom stereocenters. The molecule has 0 aliphatic rings. The van der Waals surface area contributed by atoms with Crippen molar-refractivity contribution in [2.45, 2.75) is 0 Å². The summed E-state index contributed by atoms with van der Waals surface area (Å²) in [5.74, 6) is -1.51. The second kappa shape index (κ2) is 3.80. The Kier molecular flexibility index (Phi) is 2.74. The lowest BCUT2D eigenvalue weighted by atomic mass is 10.1. The number of carbonyl (C=O) groups is 2. The largest absolute Gasteiger partial charge is 0.465 e. The number of benzene rings is 1. The zero-order valence-electron chi connectivity index (χ0n) is 6.91. The molecule has 0 heterocycles.